The van der Waals surface area contributed by atoms with Gasteiger partial charge in [0, 0.05) is 24.7 Å². The van der Waals surface area contributed by atoms with Gasteiger partial charge in [0.05, 0.1) is 11.3 Å². The molecule has 0 saturated carbocycles. The molecule has 2 aromatic rings. The number of hydrogen-bond donors (Lipinski definition) is 0. The highest BCUT2D eigenvalue weighted by atomic mass is 16.2. The highest BCUT2D eigenvalue weighted by Crippen LogP contribution is 2.27. The minimum Gasteiger partial charge on any atom is -0.306 e. The molecule has 0 unspecified atom stereocenters. The lowest BCUT2D eigenvalue weighted by molar-refractivity contribution is 0.0952. The molecule has 0 atom stereocenters. The van der Waals surface area contributed by atoms with Gasteiger partial charge >= 0.3 is 0 Å². The van der Waals surface area contributed by atoms with Gasteiger partial charge in [-0.3, -0.25) is 9.59 Å². The average Bonchev–Trinajstić information content (AvgIpc) is 2.55. The average molecular weight is 277 g/mol. The first-order valence-electron chi connectivity index (χ1n) is 6.51. The lowest BCUT2D eigenvalue weighted by Crippen LogP contribution is -2.37. The maximum Gasteiger partial charge on any atom is 0.276 e. The molecule has 2 heterocycles. The lowest BCUT2D eigenvalue weighted by atomic mass is 10.00. The van der Waals surface area contributed by atoms with Crippen molar-refractivity contribution in [3.05, 3.63) is 59.4 Å². The SMILES string of the molecule is N#Cc1ccc(C(=O)N2CCC(=O)c3ccccc32)nc1. The molecule has 1 aromatic carbocycles. The molecular formula is C16H11N3O2. The predicted octanol–water partition coefficient (Wildman–Crippen LogP) is 2.19. The molecule has 0 N–H and O–H groups in total. The first-order chi connectivity index (χ1) is 10.2. The van der Waals surface area contributed by atoms with E-state index in [0.29, 0.717) is 29.8 Å². The standard InChI is InChI=1S/C16H11N3O2/c17-9-11-5-6-13(18-10-11)16(21)19-8-7-15(20)12-3-1-2-4-14(12)19/h1-6,10H,7-8H2. The summed E-state index contributed by atoms with van der Waals surface area (Å²) in [6.07, 6.45) is 1.67. The van der Waals surface area contributed by atoms with Crippen LogP contribution < -0.4 is 4.90 Å². The Morgan fingerprint density at radius 1 is 1.24 bits per heavy atom. The summed E-state index contributed by atoms with van der Waals surface area (Å²) in [4.78, 5) is 30.0. The largest absolute Gasteiger partial charge is 0.306 e. The Balaban J connectivity index is 1.97. The van der Waals surface area contributed by atoms with Crippen LogP contribution in [0.5, 0.6) is 0 Å². The van der Waals surface area contributed by atoms with Gasteiger partial charge in [0.2, 0.25) is 0 Å². The van der Waals surface area contributed by atoms with Gasteiger partial charge in [0.25, 0.3) is 5.91 Å². The zero-order valence-corrected chi connectivity index (χ0v) is 11.1. The monoisotopic (exact) mass is 277 g/mol. The van der Waals surface area contributed by atoms with Crippen LogP contribution in [-0.2, 0) is 0 Å². The molecule has 1 aliphatic rings. The van der Waals surface area contributed by atoms with Crippen LogP contribution in [0, 0.1) is 11.3 Å². The van der Waals surface area contributed by atoms with Crippen molar-refractivity contribution < 1.29 is 9.59 Å². The van der Waals surface area contributed by atoms with Gasteiger partial charge in [-0.25, -0.2) is 4.98 Å². The number of nitriles is 1. The van der Waals surface area contributed by atoms with Gasteiger partial charge in [0.1, 0.15) is 11.8 Å². The second kappa shape index (κ2) is 5.17. The van der Waals surface area contributed by atoms with Crippen molar-refractivity contribution in [2.75, 3.05) is 11.4 Å². The number of pyridine rings is 1. The number of fused-ring (bicyclic) bond motifs is 1. The number of aromatic nitrogens is 1. The maximum absolute atomic E-state index is 12.5. The number of carbonyl (C=O) groups is 2. The van der Waals surface area contributed by atoms with Crippen LogP contribution in [0.15, 0.2) is 42.6 Å². The first kappa shape index (κ1) is 13.0. The molecule has 0 fully saturated rings. The Kier molecular flexibility index (Phi) is 3.20. The van der Waals surface area contributed by atoms with Gasteiger partial charge in [-0.05, 0) is 24.3 Å². The van der Waals surface area contributed by atoms with Crippen molar-refractivity contribution in [2.45, 2.75) is 6.42 Å². The Hall–Kier alpha value is -3.00. The molecule has 5 nitrogen and oxygen atoms in total. The Morgan fingerprint density at radius 3 is 2.76 bits per heavy atom. The second-order valence-corrected chi connectivity index (χ2v) is 4.69. The number of Topliss-reactive ketones (excluding diaryl/α,β-unsaturated/α-hetero) is 1. The molecule has 3 rings (SSSR count). The van der Waals surface area contributed by atoms with E-state index in [-0.39, 0.29) is 17.4 Å². The van der Waals surface area contributed by atoms with Gasteiger partial charge in [-0.2, -0.15) is 5.26 Å². The second-order valence-electron chi connectivity index (χ2n) is 4.69. The van der Waals surface area contributed by atoms with Crippen LogP contribution in [0.4, 0.5) is 5.69 Å². The molecule has 1 amide bonds. The third-order valence-corrected chi connectivity index (χ3v) is 3.41. The van der Waals surface area contributed by atoms with Gasteiger partial charge in [-0.1, -0.05) is 12.1 Å². The lowest BCUT2D eigenvalue weighted by Gasteiger charge is -2.28. The summed E-state index contributed by atoms with van der Waals surface area (Å²) >= 11 is 0. The van der Waals surface area contributed by atoms with Crippen LogP contribution in [-0.4, -0.2) is 23.2 Å². The smallest absolute Gasteiger partial charge is 0.276 e. The van der Waals surface area contributed by atoms with Crippen molar-refractivity contribution in [3.8, 4) is 6.07 Å². The molecule has 21 heavy (non-hydrogen) atoms. The third-order valence-electron chi connectivity index (χ3n) is 3.41. The number of rotatable bonds is 1. The number of para-hydroxylation sites is 1. The number of hydrogen-bond acceptors (Lipinski definition) is 4. The highest BCUT2D eigenvalue weighted by molar-refractivity contribution is 6.12. The number of anilines is 1. The van der Waals surface area contributed by atoms with E-state index in [1.165, 1.54) is 12.3 Å². The molecule has 1 aromatic heterocycles. The molecule has 0 radical (unpaired) electrons. The molecule has 0 saturated heterocycles. The number of ketones is 1. The Bertz CT molecular complexity index is 760. The van der Waals surface area contributed by atoms with E-state index in [2.05, 4.69) is 4.98 Å². The van der Waals surface area contributed by atoms with E-state index in [1.807, 2.05) is 6.07 Å². The minimum absolute atomic E-state index is 0.0439. The van der Waals surface area contributed by atoms with Crippen LogP contribution in [0.3, 0.4) is 0 Å². The molecular weight excluding hydrogens is 266 g/mol. The summed E-state index contributed by atoms with van der Waals surface area (Å²) < 4.78 is 0. The van der Waals surface area contributed by atoms with Crippen molar-refractivity contribution in [3.63, 3.8) is 0 Å². The normalized spacial score (nSPS) is 13.5. The summed E-state index contributed by atoms with van der Waals surface area (Å²) in [5, 5.41) is 8.75. The van der Waals surface area contributed by atoms with Gasteiger partial charge in [-0.15, -0.1) is 0 Å². The van der Waals surface area contributed by atoms with Gasteiger partial charge in [0.15, 0.2) is 5.78 Å². The van der Waals surface area contributed by atoms with E-state index >= 15 is 0 Å². The molecule has 0 aliphatic carbocycles. The fourth-order valence-corrected chi connectivity index (χ4v) is 2.35. The zero-order chi connectivity index (χ0) is 14.8. The van der Waals surface area contributed by atoms with Crippen LogP contribution in [0.1, 0.15) is 32.8 Å². The Morgan fingerprint density at radius 2 is 2.05 bits per heavy atom. The molecule has 1 aliphatic heterocycles. The van der Waals surface area contributed by atoms with Crippen LogP contribution >= 0.6 is 0 Å². The highest BCUT2D eigenvalue weighted by Gasteiger charge is 2.28. The number of nitrogens with zero attached hydrogens (tertiary/aromatic N) is 3. The van der Waals surface area contributed by atoms with E-state index in [0.717, 1.165) is 0 Å². The Labute approximate surface area is 121 Å². The van der Waals surface area contributed by atoms with Crippen molar-refractivity contribution in [1.29, 1.82) is 5.26 Å². The minimum atomic E-state index is -0.264. The van der Waals surface area contributed by atoms with Crippen molar-refractivity contribution in [2.24, 2.45) is 0 Å². The quantitative estimate of drug-likeness (QED) is 0.800. The molecule has 0 spiro atoms. The van der Waals surface area contributed by atoms with Crippen molar-refractivity contribution in [1.82, 2.24) is 4.98 Å². The number of benzene rings is 1. The van der Waals surface area contributed by atoms with Crippen molar-refractivity contribution >= 4 is 17.4 Å². The van der Waals surface area contributed by atoms with Gasteiger partial charge < -0.3 is 4.90 Å². The fraction of sp³-hybridized carbons (Fsp3) is 0.125. The zero-order valence-electron chi connectivity index (χ0n) is 11.1. The van der Waals surface area contributed by atoms with Crippen LogP contribution in [0.25, 0.3) is 0 Å². The maximum atomic E-state index is 12.5. The third kappa shape index (κ3) is 2.28. The topological polar surface area (TPSA) is 74.1 Å². The molecule has 5 heteroatoms. The summed E-state index contributed by atoms with van der Waals surface area (Å²) in [7, 11) is 0. The van der Waals surface area contributed by atoms with E-state index in [4.69, 9.17) is 5.26 Å². The first-order valence-corrected chi connectivity index (χ1v) is 6.51. The summed E-state index contributed by atoms with van der Waals surface area (Å²) in [6, 6.07) is 12.1. The molecule has 102 valence electrons. The summed E-state index contributed by atoms with van der Waals surface area (Å²) in [5.74, 6) is -0.220. The van der Waals surface area contributed by atoms with E-state index in [9.17, 15) is 9.59 Å². The van der Waals surface area contributed by atoms with E-state index in [1.54, 1.807) is 35.2 Å². The van der Waals surface area contributed by atoms with E-state index < -0.39 is 0 Å². The summed E-state index contributed by atoms with van der Waals surface area (Å²) in [5.41, 5.74) is 1.84. The van der Waals surface area contributed by atoms with Crippen LogP contribution in [0.2, 0.25) is 0 Å². The fourth-order valence-electron chi connectivity index (χ4n) is 2.35. The number of amides is 1. The predicted molar refractivity (Wildman–Crippen MR) is 76.0 cm³/mol. The molecule has 0 bridgehead atoms. The summed E-state index contributed by atoms with van der Waals surface area (Å²) in [6.45, 7) is 0.344. The number of carbonyl (C=O) groups excluding carboxylic acids is 2.